The molecule has 0 unspecified atom stereocenters. The maximum Gasteiger partial charge on any atom is 0.253 e. The number of hydrogen-bond acceptors (Lipinski definition) is 5. The molecule has 2 aromatic carbocycles. The van der Waals surface area contributed by atoms with Crippen LogP contribution in [0.5, 0.6) is 0 Å². The summed E-state index contributed by atoms with van der Waals surface area (Å²) in [5.74, 6) is -0.0692. The largest absolute Gasteiger partial charge is 0.336 e. The Morgan fingerprint density at radius 1 is 0.939 bits per heavy atom. The second kappa shape index (κ2) is 8.70. The highest BCUT2D eigenvalue weighted by atomic mass is 32.2. The fourth-order valence-electron chi connectivity index (χ4n) is 4.16. The van der Waals surface area contributed by atoms with Gasteiger partial charge in [-0.25, -0.2) is 13.4 Å². The number of para-hydroxylation sites is 1. The van der Waals surface area contributed by atoms with Gasteiger partial charge in [0.2, 0.25) is 0 Å². The Bertz CT molecular complexity index is 1420. The molecule has 4 aromatic rings. The lowest BCUT2D eigenvalue weighted by atomic mass is 10.1. The Kier molecular flexibility index (Phi) is 5.74. The topological polar surface area (TPSA) is 70.6 Å². The van der Waals surface area contributed by atoms with Crippen LogP contribution in [0.15, 0.2) is 83.1 Å². The lowest BCUT2D eigenvalue weighted by molar-refractivity contribution is 0.0642. The molecule has 0 aliphatic carbocycles. The molecule has 1 atom stereocenters. The van der Waals surface area contributed by atoms with Gasteiger partial charge in [-0.1, -0.05) is 42.5 Å². The fourth-order valence-corrected chi connectivity index (χ4v) is 7.18. The second-order valence-electron chi connectivity index (χ2n) is 8.09. The highest BCUT2D eigenvalue weighted by molar-refractivity contribution is 7.91. The second-order valence-corrected chi connectivity index (χ2v) is 11.3. The standard InChI is InChI=1S/C25H23N3O3S2/c1-18-17-27(25(29)20-8-3-2-4-9-20)15-16-28(18)33(30,31)24-14-13-23(32-24)22-12-11-19-7-5-6-10-21(19)26-22/h2-14,18H,15-17H2,1H3/t18-/m1/s1. The lowest BCUT2D eigenvalue weighted by Gasteiger charge is -2.38. The van der Waals surface area contributed by atoms with Crippen molar-refractivity contribution in [1.82, 2.24) is 14.2 Å². The van der Waals surface area contributed by atoms with E-state index in [9.17, 15) is 13.2 Å². The van der Waals surface area contributed by atoms with Crippen molar-refractivity contribution in [3.05, 3.63) is 84.4 Å². The molecule has 1 amide bonds. The molecule has 0 bridgehead atoms. The third-order valence-corrected chi connectivity index (χ3v) is 9.46. The van der Waals surface area contributed by atoms with Crippen molar-refractivity contribution in [1.29, 1.82) is 0 Å². The van der Waals surface area contributed by atoms with Gasteiger partial charge in [0.05, 0.1) is 16.1 Å². The predicted molar refractivity (Wildman–Crippen MR) is 131 cm³/mol. The molecular formula is C25H23N3O3S2. The van der Waals surface area contributed by atoms with Crippen molar-refractivity contribution >= 4 is 38.2 Å². The van der Waals surface area contributed by atoms with E-state index in [1.54, 1.807) is 23.1 Å². The average molecular weight is 478 g/mol. The van der Waals surface area contributed by atoms with Gasteiger partial charge in [-0.2, -0.15) is 4.31 Å². The molecule has 0 spiro atoms. The number of pyridine rings is 1. The first-order valence-corrected chi connectivity index (χ1v) is 13.0. The Labute approximate surface area is 197 Å². The Hall–Kier alpha value is -3.07. The number of piperazine rings is 1. The van der Waals surface area contributed by atoms with E-state index in [2.05, 4.69) is 4.98 Å². The maximum absolute atomic E-state index is 13.4. The summed E-state index contributed by atoms with van der Waals surface area (Å²) in [6, 6.07) is 24.0. The van der Waals surface area contributed by atoms with E-state index in [1.165, 1.54) is 15.6 Å². The van der Waals surface area contributed by atoms with Gasteiger partial charge in [0, 0.05) is 36.6 Å². The number of aromatic nitrogens is 1. The zero-order chi connectivity index (χ0) is 23.0. The first-order valence-electron chi connectivity index (χ1n) is 10.8. The molecule has 1 aliphatic heterocycles. The van der Waals surface area contributed by atoms with E-state index in [4.69, 9.17) is 0 Å². The molecule has 6 nitrogen and oxygen atoms in total. The summed E-state index contributed by atoms with van der Waals surface area (Å²) in [5, 5.41) is 1.04. The molecule has 3 heterocycles. The number of carbonyl (C=O) groups excluding carboxylic acids is 1. The van der Waals surface area contributed by atoms with Gasteiger partial charge in [-0.05, 0) is 43.3 Å². The summed E-state index contributed by atoms with van der Waals surface area (Å²) in [6.45, 7) is 2.84. The number of sulfonamides is 1. The molecule has 0 radical (unpaired) electrons. The van der Waals surface area contributed by atoms with Crippen LogP contribution in [0, 0.1) is 0 Å². The molecule has 5 rings (SSSR count). The molecular weight excluding hydrogens is 454 g/mol. The van der Waals surface area contributed by atoms with Gasteiger partial charge in [0.15, 0.2) is 0 Å². The van der Waals surface area contributed by atoms with Crippen LogP contribution in [-0.2, 0) is 10.0 Å². The van der Waals surface area contributed by atoms with Gasteiger partial charge in [0.1, 0.15) is 4.21 Å². The third-order valence-electron chi connectivity index (χ3n) is 5.87. The fraction of sp³-hybridized carbons (Fsp3) is 0.200. The van der Waals surface area contributed by atoms with Crippen LogP contribution in [0.4, 0.5) is 0 Å². The van der Waals surface area contributed by atoms with Crippen molar-refractivity contribution in [2.45, 2.75) is 17.2 Å². The molecule has 1 saturated heterocycles. The van der Waals surface area contributed by atoms with Gasteiger partial charge in [-0.15, -0.1) is 11.3 Å². The van der Waals surface area contributed by atoms with E-state index < -0.39 is 10.0 Å². The van der Waals surface area contributed by atoms with Crippen LogP contribution in [0.1, 0.15) is 17.3 Å². The van der Waals surface area contributed by atoms with Crippen molar-refractivity contribution in [3.8, 4) is 10.6 Å². The predicted octanol–water partition coefficient (Wildman–Crippen LogP) is 4.50. The number of nitrogens with zero attached hydrogens (tertiary/aromatic N) is 3. The molecule has 1 fully saturated rings. The summed E-state index contributed by atoms with van der Waals surface area (Å²) in [7, 11) is -3.67. The maximum atomic E-state index is 13.4. The minimum atomic E-state index is -3.67. The van der Waals surface area contributed by atoms with Crippen LogP contribution in [0.25, 0.3) is 21.5 Å². The number of hydrogen-bond donors (Lipinski definition) is 0. The molecule has 1 aliphatic rings. The van der Waals surface area contributed by atoms with Gasteiger partial charge in [-0.3, -0.25) is 4.79 Å². The summed E-state index contributed by atoms with van der Waals surface area (Å²) < 4.78 is 28.6. The van der Waals surface area contributed by atoms with Crippen molar-refractivity contribution in [2.75, 3.05) is 19.6 Å². The molecule has 168 valence electrons. The van der Waals surface area contributed by atoms with Crippen LogP contribution >= 0.6 is 11.3 Å². The monoisotopic (exact) mass is 477 g/mol. The smallest absolute Gasteiger partial charge is 0.253 e. The SMILES string of the molecule is C[C@@H]1CN(C(=O)c2ccccc2)CCN1S(=O)(=O)c1ccc(-c2ccc3ccccc3n2)s1. The number of thiophene rings is 1. The van der Waals surface area contributed by atoms with E-state index in [0.29, 0.717) is 22.9 Å². The van der Waals surface area contributed by atoms with Crippen LogP contribution < -0.4 is 0 Å². The van der Waals surface area contributed by atoms with Crippen molar-refractivity contribution < 1.29 is 13.2 Å². The zero-order valence-electron chi connectivity index (χ0n) is 18.1. The number of benzene rings is 2. The van der Waals surface area contributed by atoms with Gasteiger partial charge in [0.25, 0.3) is 15.9 Å². The quantitative estimate of drug-likeness (QED) is 0.434. The van der Waals surface area contributed by atoms with Crippen molar-refractivity contribution in [2.24, 2.45) is 0 Å². The zero-order valence-corrected chi connectivity index (χ0v) is 19.7. The Balaban J connectivity index is 1.35. The highest BCUT2D eigenvalue weighted by Gasteiger charge is 2.36. The van der Waals surface area contributed by atoms with E-state index >= 15 is 0 Å². The van der Waals surface area contributed by atoms with Crippen LogP contribution in [-0.4, -0.2) is 54.2 Å². The average Bonchev–Trinajstić information content (AvgIpc) is 3.35. The molecule has 8 heteroatoms. The lowest BCUT2D eigenvalue weighted by Crippen LogP contribution is -2.55. The first kappa shape index (κ1) is 21.8. The summed E-state index contributed by atoms with van der Waals surface area (Å²) in [4.78, 5) is 20.0. The van der Waals surface area contributed by atoms with Gasteiger partial charge >= 0.3 is 0 Å². The summed E-state index contributed by atoms with van der Waals surface area (Å²) >= 11 is 1.23. The number of fused-ring (bicyclic) bond motifs is 1. The summed E-state index contributed by atoms with van der Waals surface area (Å²) in [5.41, 5.74) is 2.25. The van der Waals surface area contributed by atoms with Crippen molar-refractivity contribution in [3.63, 3.8) is 0 Å². The number of carbonyl (C=O) groups is 1. The molecule has 33 heavy (non-hydrogen) atoms. The van der Waals surface area contributed by atoms with Crippen LogP contribution in [0.3, 0.4) is 0 Å². The normalized spacial score (nSPS) is 17.4. The Morgan fingerprint density at radius 2 is 1.70 bits per heavy atom. The first-order chi connectivity index (χ1) is 15.9. The molecule has 2 aromatic heterocycles. The number of amides is 1. The highest BCUT2D eigenvalue weighted by Crippen LogP contribution is 2.33. The third kappa shape index (κ3) is 4.17. The minimum absolute atomic E-state index is 0.0692. The molecule has 0 N–H and O–H groups in total. The van der Waals surface area contributed by atoms with E-state index in [1.807, 2.05) is 67.6 Å². The number of rotatable bonds is 4. The van der Waals surface area contributed by atoms with E-state index in [-0.39, 0.29) is 18.5 Å². The van der Waals surface area contributed by atoms with E-state index in [0.717, 1.165) is 21.5 Å². The Morgan fingerprint density at radius 3 is 2.48 bits per heavy atom. The van der Waals surface area contributed by atoms with Gasteiger partial charge < -0.3 is 4.90 Å². The molecule has 0 saturated carbocycles. The van der Waals surface area contributed by atoms with Crippen LogP contribution in [0.2, 0.25) is 0 Å². The minimum Gasteiger partial charge on any atom is -0.336 e. The summed E-state index contributed by atoms with van der Waals surface area (Å²) in [6.07, 6.45) is 0.